The van der Waals surface area contributed by atoms with E-state index in [1.54, 1.807) is 12.3 Å². The van der Waals surface area contributed by atoms with E-state index in [2.05, 4.69) is 10.3 Å². The summed E-state index contributed by atoms with van der Waals surface area (Å²) in [5, 5.41) is 3.15. The Bertz CT molecular complexity index is 665. The van der Waals surface area contributed by atoms with E-state index in [4.69, 9.17) is 4.74 Å². The number of hydrogen-bond donors (Lipinski definition) is 1. The maximum atomic E-state index is 12.4. The predicted molar refractivity (Wildman–Crippen MR) is 94.1 cm³/mol. The molecule has 1 aromatic heterocycles. The lowest BCUT2D eigenvalue weighted by Gasteiger charge is -2.30. The van der Waals surface area contributed by atoms with Crippen LogP contribution in [0.3, 0.4) is 0 Å². The Morgan fingerprint density at radius 2 is 1.96 bits per heavy atom. The highest BCUT2D eigenvalue weighted by atomic mass is 16.5. The van der Waals surface area contributed by atoms with Gasteiger partial charge in [0.25, 0.3) is 0 Å². The first-order valence-corrected chi connectivity index (χ1v) is 8.34. The molecule has 0 spiro atoms. The zero-order valence-electron chi connectivity index (χ0n) is 13.6. The van der Waals surface area contributed by atoms with E-state index in [1.807, 2.05) is 54.7 Å². The minimum Gasteiger partial charge on any atom is -0.381 e. The van der Waals surface area contributed by atoms with Gasteiger partial charge < -0.3 is 10.1 Å². The van der Waals surface area contributed by atoms with Crippen LogP contribution in [0, 0.1) is 5.92 Å². The van der Waals surface area contributed by atoms with Crippen LogP contribution in [0.15, 0.2) is 60.9 Å². The first-order valence-electron chi connectivity index (χ1n) is 8.34. The minimum absolute atomic E-state index is 0.0319. The van der Waals surface area contributed by atoms with Gasteiger partial charge in [0.2, 0.25) is 5.91 Å². The smallest absolute Gasteiger partial charge is 0.244 e. The van der Waals surface area contributed by atoms with Gasteiger partial charge in [-0.1, -0.05) is 36.4 Å². The Labute approximate surface area is 142 Å². The highest BCUT2D eigenvalue weighted by Gasteiger charge is 2.26. The molecule has 1 fully saturated rings. The average molecular weight is 322 g/mol. The second-order valence-electron chi connectivity index (χ2n) is 5.97. The average Bonchev–Trinajstić information content (AvgIpc) is 2.67. The van der Waals surface area contributed by atoms with Gasteiger partial charge >= 0.3 is 0 Å². The number of ether oxygens (including phenoxy) is 1. The zero-order chi connectivity index (χ0) is 16.6. The topological polar surface area (TPSA) is 51.2 Å². The molecule has 2 aromatic rings. The van der Waals surface area contributed by atoms with Gasteiger partial charge in [0.05, 0.1) is 6.04 Å². The van der Waals surface area contributed by atoms with Crippen molar-refractivity contribution in [1.82, 2.24) is 10.3 Å². The van der Waals surface area contributed by atoms with E-state index in [1.165, 1.54) is 0 Å². The first-order chi connectivity index (χ1) is 11.8. The summed E-state index contributed by atoms with van der Waals surface area (Å²) in [7, 11) is 0. The van der Waals surface area contributed by atoms with E-state index >= 15 is 0 Å². The number of aromatic nitrogens is 1. The molecule has 3 rings (SSSR count). The van der Waals surface area contributed by atoms with Gasteiger partial charge in [-0.25, -0.2) is 0 Å². The highest BCUT2D eigenvalue weighted by molar-refractivity contribution is 5.92. The zero-order valence-corrected chi connectivity index (χ0v) is 13.6. The number of carbonyl (C=O) groups excluding carboxylic acids is 1. The molecule has 1 aliphatic heterocycles. The molecular weight excluding hydrogens is 300 g/mol. The second-order valence-corrected chi connectivity index (χ2v) is 5.97. The fourth-order valence-electron chi connectivity index (χ4n) is 3.02. The lowest BCUT2D eigenvalue weighted by Crippen LogP contribution is -2.35. The Morgan fingerprint density at radius 3 is 2.67 bits per heavy atom. The van der Waals surface area contributed by atoms with Crippen LogP contribution in [0.5, 0.6) is 0 Å². The van der Waals surface area contributed by atoms with Gasteiger partial charge in [0.1, 0.15) is 0 Å². The lowest BCUT2D eigenvalue weighted by molar-refractivity contribution is -0.117. The fourth-order valence-corrected chi connectivity index (χ4v) is 3.02. The second kappa shape index (κ2) is 8.41. The molecule has 0 saturated carbocycles. The highest BCUT2D eigenvalue weighted by Crippen LogP contribution is 2.29. The first kappa shape index (κ1) is 16.4. The maximum Gasteiger partial charge on any atom is 0.244 e. The maximum absolute atomic E-state index is 12.4. The molecule has 1 atom stereocenters. The number of amides is 1. The van der Waals surface area contributed by atoms with E-state index in [9.17, 15) is 4.79 Å². The molecule has 1 N–H and O–H groups in total. The Balaban J connectivity index is 1.71. The molecule has 124 valence electrons. The minimum atomic E-state index is -0.0841. The summed E-state index contributed by atoms with van der Waals surface area (Å²) in [5.41, 5.74) is 2.06. The third-order valence-corrected chi connectivity index (χ3v) is 4.31. The van der Waals surface area contributed by atoms with Crippen molar-refractivity contribution in [2.75, 3.05) is 13.2 Å². The van der Waals surface area contributed by atoms with Crippen molar-refractivity contribution >= 4 is 12.0 Å². The number of carbonyl (C=O) groups is 1. The third kappa shape index (κ3) is 4.52. The van der Waals surface area contributed by atoms with Crippen LogP contribution in [-0.2, 0) is 9.53 Å². The molecule has 0 bridgehead atoms. The Morgan fingerprint density at radius 1 is 1.17 bits per heavy atom. The van der Waals surface area contributed by atoms with Crippen LogP contribution in [0.25, 0.3) is 6.08 Å². The molecule has 0 radical (unpaired) electrons. The quantitative estimate of drug-likeness (QED) is 0.859. The van der Waals surface area contributed by atoms with E-state index in [0.29, 0.717) is 5.92 Å². The Hall–Kier alpha value is -2.46. The van der Waals surface area contributed by atoms with Crippen LogP contribution in [0.4, 0.5) is 0 Å². The van der Waals surface area contributed by atoms with E-state index in [-0.39, 0.29) is 11.9 Å². The molecule has 1 aromatic carbocycles. The summed E-state index contributed by atoms with van der Waals surface area (Å²) >= 11 is 0. The standard InChI is InChI=1S/C20H22N2O2/c23-19(9-8-16-5-2-1-3-6-16)22-20(17-10-13-24-14-11-17)18-7-4-12-21-15-18/h1-9,12,15,17,20H,10-11,13-14H2,(H,22,23)/b9-8+/t20-/m1/s1. The van der Waals surface area contributed by atoms with E-state index in [0.717, 1.165) is 37.2 Å². The normalized spacial score (nSPS) is 16.8. The van der Waals surface area contributed by atoms with Crippen molar-refractivity contribution in [3.63, 3.8) is 0 Å². The summed E-state index contributed by atoms with van der Waals surface area (Å²) in [5.74, 6) is 0.288. The summed E-state index contributed by atoms with van der Waals surface area (Å²) in [6, 6.07) is 13.7. The SMILES string of the molecule is O=C(/C=C/c1ccccc1)N[C@@H](c1cccnc1)C1CCOCC1. The predicted octanol–water partition coefficient (Wildman–Crippen LogP) is 3.38. The van der Waals surface area contributed by atoms with Crippen molar-refractivity contribution in [2.45, 2.75) is 18.9 Å². The monoisotopic (exact) mass is 322 g/mol. The molecule has 2 heterocycles. The van der Waals surface area contributed by atoms with Crippen molar-refractivity contribution in [3.05, 3.63) is 72.1 Å². The molecule has 4 heteroatoms. The molecule has 1 aliphatic rings. The number of rotatable bonds is 5. The molecule has 24 heavy (non-hydrogen) atoms. The molecule has 1 saturated heterocycles. The fraction of sp³-hybridized carbons (Fsp3) is 0.300. The van der Waals surface area contributed by atoms with Crippen molar-refractivity contribution in [1.29, 1.82) is 0 Å². The van der Waals surface area contributed by atoms with Crippen molar-refractivity contribution in [2.24, 2.45) is 5.92 Å². The molecular formula is C20H22N2O2. The number of nitrogens with zero attached hydrogens (tertiary/aromatic N) is 1. The summed E-state index contributed by atoms with van der Waals surface area (Å²) < 4.78 is 5.45. The van der Waals surface area contributed by atoms with Gasteiger partial charge in [-0.2, -0.15) is 0 Å². The molecule has 0 unspecified atom stereocenters. The van der Waals surface area contributed by atoms with Gasteiger partial charge in [0.15, 0.2) is 0 Å². The summed E-state index contributed by atoms with van der Waals surface area (Å²) in [6.45, 7) is 1.49. The molecule has 4 nitrogen and oxygen atoms in total. The Kier molecular flexibility index (Phi) is 5.75. The summed E-state index contributed by atoms with van der Waals surface area (Å²) in [6.07, 6.45) is 8.91. The van der Waals surface area contributed by atoms with Crippen LogP contribution < -0.4 is 5.32 Å². The van der Waals surface area contributed by atoms with Gasteiger partial charge in [0, 0.05) is 31.7 Å². The lowest BCUT2D eigenvalue weighted by atomic mass is 9.87. The van der Waals surface area contributed by atoms with Crippen LogP contribution in [-0.4, -0.2) is 24.1 Å². The molecule has 1 amide bonds. The largest absolute Gasteiger partial charge is 0.381 e. The number of nitrogens with one attached hydrogen (secondary N) is 1. The molecule has 0 aliphatic carbocycles. The van der Waals surface area contributed by atoms with Gasteiger partial charge in [-0.3, -0.25) is 9.78 Å². The number of pyridine rings is 1. The van der Waals surface area contributed by atoms with Gasteiger partial charge in [-0.05, 0) is 42.0 Å². The van der Waals surface area contributed by atoms with Crippen LogP contribution >= 0.6 is 0 Å². The summed E-state index contributed by atoms with van der Waals surface area (Å²) in [4.78, 5) is 16.6. The van der Waals surface area contributed by atoms with Gasteiger partial charge in [-0.15, -0.1) is 0 Å². The van der Waals surface area contributed by atoms with E-state index < -0.39 is 0 Å². The number of benzene rings is 1. The third-order valence-electron chi connectivity index (χ3n) is 4.31. The number of hydrogen-bond acceptors (Lipinski definition) is 3. The van der Waals surface area contributed by atoms with Crippen LogP contribution in [0.2, 0.25) is 0 Å². The van der Waals surface area contributed by atoms with Crippen LogP contribution in [0.1, 0.15) is 30.0 Å². The van der Waals surface area contributed by atoms with Crippen molar-refractivity contribution in [3.8, 4) is 0 Å². The van der Waals surface area contributed by atoms with Crippen molar-refractivity contribution < 1.29 is 9.53 Å².